The van der Waals surface area contributed by atoms with Gasteiger partial charge in [-0.3, -0.25) is 0 Å². The molecule has 3 aromatic rings. The molecule has 3 rings (SSSR count). The summed E-state index contributed by atoms with van der Waals surface area (Å²) in [5.41, 5.74) is 8.61. The third-order valence-electron chi connectivity index (χ3n) is 3.39. The fourth-order valence-electron chi connectivity index (χ4n) is 2.47. The van der Waals surface area contributed by atoms with Gasteiger partial charge in [-0.25, -0.2) is 9.37 Å². The van der Waals surface area contributed by atoms with Gasteiger partial charge in [-0.1, -0.05) is 22.9 Å². The van der Waals surface area contributed by atoms with Gasteiger partial charge in [0.05, 0.1) is 16.6 Å². The number of hydrogen-bond donors (Lipinski definition) is 1. The molecular formula is C16H15BrFN3. The Balaban J connectivity index is 2.30. The second-order valence-corrected chi connectivity index (χ2v) is 5.88. The average Bonchev–Trinajstić information content (AvgIpc) is 2.80. The zero-order chi connectivity index (χ0) is 15.0. The number of halogens is 2. The van der Waals surface area contributed by atoms with Crippen LogP contribution in [0.15, 0.2) is 40.9 Å². The number of nitrogens with two attached hydrogens (primary N) is 1. The zero-order valence-corrected chi connectivity index (χ0v) is 13.2. The normalized spacial score (nSPS) is 11.2. The van der Waals surface area contributed by atoms with Crippen LogP contribution < -0.4 is 5.73 Å². The number of benzene rings is 2. The quantitative estimate of drug-likeness (QED) is 0.703. The number of fused-ring (bicyclic) bond motifs is 1. The number of aromatic nitrogens is 2. The molecule has 0 aliphatic heterocycles. The lowest BCUT2D eigenvalue weighted by molar-refractivity contribution is 0.625. The molecule has 1 heterocycles. The standard InChI is InChI=1S/C16H15BrFN3/c1-2-7-21-15-6-3-10(17)8-14(15)20-16(21)12-9-11(19)4-5-13(12)18/h3-6,8-9H,2,7,19H2,1H3. The molecule has 0 saturated carbocycles. The molecule has 21 heavy (non-hydrogen) atoms. The fourth-order valence-corrected chi connectivity index (χ4v) is 2.82. The second-order valence-electron chi connectivity index (χ2n) is 4.96. The van der Waals surface area contributed by atoms with Crippen molar-refractivity contribution in [2.75, 3.05) is 5.73 Å². The van der Waals surface area contributed by atoms with E-state index in [-0.39, 0.29) is 5.82 Å². The second kappa shape index (κ2) is 5.48. The van der Waals surface area contributed by atoms with Gasteiger partial charge in [-0.15, -0.1) is 0 Å². The molecule has 108 valence electrons. The van der Waals surface area contributed by atoms with Crippen molar-refractivity contribution in [2.24, 2.45) is 0 Å². The van der Waals surface area contributed by atoms with Crippen molar-refractivity contribution in [2.45, 2.75) is 19.9 Å². The maximum atomic E-state index is 14.2. The first-order chi connectivity index (χ1) is 10.1. The van der Waals surface area contributed by atoms with E-state index in [9.17, 15) is 4.39 Å². The van der Waals surface area contributed by atoms with Gasteiger partial charge >= 0.3 is 0 Å². The van der Waals surface area contributed by atoms with Crippen molar-refractivity contribution in [3.63, 3.8) is 0 Å². The maximum absolute atomic E-state index is 14.2. The number of anilines is 1. The van der Waals surface area contributed by atoms with Crippen LogP contribution >= 0.6 is 15.9 Å². The molecule has 2 N–H and O–H groups in total. The average molecular weight is 348 g/mol. The van der Waals surface area contributed by atoms with Crippen LogP contribution in [0.5, 0.6) is 0 Å². The lowest BCUT2D eigenvalue weighted by Gasteiger charge is -2.09. The van der Waals surface area contributed by atoms with E-state index in [1.165, 1.54) is 6.07 Å². The molecule has 0 radical (unpaired) electrons. The van der Waals surface area contributed by atoms with Crippen molar-refractivity contribution in [1.29, 1.82) is 0 Å². The van der Waals surface area contributed by atoms with Gasteiger partial charge in [-0.2, -0.15) is 0 Å². The molecule has 0 bridgehead atoms. The Kier molecular flexibility index (Phi) is 3.68. The topological polar surface area (TPSA) is 43.8 Å². The van der Waals surface area contributed by atoms with Crippen molar-refractivity contribution in [3.8, 4) is 11.4 Å². The molecule has 0 atom stereocenters. The van der Waals surface area contributed by atoms with E-state index in [4.69, 9.17) is 5.73 Å². The van der Waals surface area contributed by atoms with E-state index in [0.717, 1.165) is 28.5 Å². The summed E-state index contributed by atoms with van der Waals surface area (Å²) in [5.74, 6) is 0.311. The predicted molar refractivity (Wildman–Crippen MR) is 87.5 cm³/mol. The number of nitrogens with zero attached hydrogens (tertiary/aromatic N) is 2. The summed E-state index contributed by atoms with van der Waals surface area (Å²) in [5, 5.41) is 0. The summed E-state index contributed by atoms with van der Waals surface area (Å²) < 4.78 is 17.2. The first-order valence-corrected chi connectivity index (χ1v) is 7.60. The predicted octanol–water partition coefficient (Wildman–Crippen LogP) is 4.60. The van der Waals surface area contributed by atoms with Crippen LogP contribution in [0.3, 0.4) is 0 Å². The van der Waals surface area contributed by atoms with E-state index < -0.39 is 0 Å². The van der Waals surface area contributed by atoms with Gasteiger partial charge < -0.3 is 10.3 Å². The highest BCUT2D eigenvalue weighted by Crippen LogP contribution is 2.29. The largest absolute Gasteiger partial charge is 0.399 e. The molecule has 0 amide bonds. The van der Waals surface area contributed by atoms with E-state index in [2.05, 4.69) is 27.8 Å². The Morgan fingerprint density at radius 1 is 1.24 bits per heavy atom. The molecule has 0 aliphatic carbocycles. The number of hydrogen-bond acceptors (Lipinski definition) is 2. The molecule has 0 unspecified atom stereocenters. The highest BCUT2D eigenvalue weighted by molar-refractivity contribution is 9.10. The van der Waals surface area contributed by atoms with E-state index >= 15 is 0 Å². The van der Waals surface area contributed by atoms with Crippen molar-refractivity contribution in [1.82, 2.24) is 9.55 Å². The number of nitrogen functional groups attached to an aromatic ring is 1. The third-order valence-corrected chi connectivity index (χ3v) is 3.88. The lowest BCUT2D eigenvalue weighted by Crippen LogP contribution is -2.01. The van der Waals surface area contributed by atoms with Crippen LogP contribution in [-0.4, -0.2) is 9.55 Å². The first kappa shape index (κ1) is 14.1. The minimum absolute atomic E-state index is 0.309. The summed E-state index contributed by atoms with van der Waals surface area (Å²) in [7, 11) is 0. The van der Waals surface area contributed by atoms with Crippen LogP contribution in [0.2, 0.25) is 0 Å². The first-order valence-electron chi connectivity index (χ1n) is 6.81. The Morgan fingerprint density at radius 2 is 2.05 bits per heavy atom. The summed E-state index contributed by atoms with van der Waals surface area (Å²) in [6.07, 6.45) is 0.943. The molecule has 0 fully saturated rings. The molecule has 0 saturated heterocycles. The SMILES string of the molecule is CCCn1c(-c2cc(N)ccc2F)nc2cc(Br)ccc21. The highest BCUT2D eigenvalue weighted by atomic mass is 79.9. The third kappa shape index (κ3) is 2.53. The number of imidazole rings is 1. The van der Waals surface area contributed by atoms with Crippen LogP contribution in [0, 0.1) is 5.82 Å². The minimum Gasteiger partial charge on any atom is -0.399 e. The highest BCUT2D eigenvalue weighted by Gasteiger charge is 2.16. The van der Waals surface area contributed by atoms with Gasteiger partial charge in [0.1, 0.15) is 11.6 Å². The van der Waals surface area contributed by atoms with Gasteiger partial charge in [-0.05, 0) is 42.8 Å². The molecular weight excluding hydrogens is 333 g/mol. The molecule has 2 aromatic carbocycles. The summed E-state index contributed by atoms with van der Waals surface area (Å²) in [4.78, 5) is 4.60. The van der Waals surface area contributed by atoms with Crippen LogP contribution in [0.25, 0.3) is 22.4 Å². The van der Waals surface area contributed by atoms with E-state index in [1.807, 2.05) is 22.8 Å². The lowest BCUT2D eigenvalue weighted by atomic mass is 10.1. The van der Waals surface area contributed by atoms with Crippen molar-refractivity contribution < 1.29 is 4.39 Å². The van der Waals surface area contributed by atoms with Crippen molar-refractivity contribution >= 4 is 32.7 Å². The van der Waals surface area contributed by atoms with Gasteiger partial charge in [0.25, 0.3) is 0 Å². The van der Waals surface area contributed by atoms with Crippen molar-refractivity contribution in [3.05, 3.63) is 46.7 Å². The number of aryl methyl sites for hydroxylation is 1. The summed E-state index contributed by atoms with van der Waals surface area (Å²) in [6.45, 7) is 2.87. The number of rotatable bonds is 3. The molecule has 3 nitrogen and oxygen atoms in total. The van der Waals surface area contributed by atoms with Crippen LogP contribution in [0.1, 0.15) is 13.3 Å². The van der Waals surface area contributed by atoms with E-state index in [0.29, 0.717) is 17.1 Å². The molecule has 0 spiro atoms. The Morgan fingerprint density at radius 3 is 2.81 bits per heavy atom. The maximum Gasteiger partial charge on any atom is 0.144 e. The van der Waals surface area contributed by atoms with Gasteiger partial charge in [0.2, 0.25) is 0 Å². The molecule has 0 aliphatic rings. The molecule has 5 heteroatoms. The minimum atomic E-state index is -0.309. The summed E-state index contributed by atoms with van der Waals surface area (Å²) >= 11 is 3.44. The Bertz CT molecular complexity index is 811. The van der Waals surface area contributed by atoms with Gasteiger partial charge in [0, 0.05) is 16.7 Å². The van der Waals surface area contributed by atoms with E-state index in [1.54, 1.807) is 12.1 Å². The Hall–Kier alpha value is -1.88. The fraction of sp³-hybridized carbons (Fsp3) is 0.188. The smallest absolute Gasteiger partial charge is 0.144 e. The van der Waals surface area contributed by atoms with Crippen LogP contribution in [0.4, 0.5) is 10.1 Å². The van der Waals surface area contributed by atoms with Gasteiger partial charge in [0.15, 0.2) is 0 Å². The Labute approximate surface area is 130 Å². The molecule has 1 aromatic heterocycles. The van der Waals surface area contributed by atoms with Crippen LogP contribution in [-0.2, 0) is 6.54 Å². The monoisotopic (exact) mass is 347 g/mol. The zero-order valence-electron chi connectivity index (χ0n) is 11.6. The summed E-state index contributed by atoms with van der Waals surface area (Å²) in [6, 6.07) is 10.5.